The molecule has 2 N–H and O–H groups in total. The summed E-state index contributed by atoms with van der Waals surface area (Å²) in [4.78, 5) is 4.70. The zero-order chi connectivity index (χ0) is 20.6. The van der Waals surface area contributed by atoms with E-state index in [2.05, 4.69) is 55.9 Å². The number of aromatic nitrogens is 1. The summed E-state index contributed by atoms with van der Waals surface area (Å²) in [6, 6.07) is 6.04. The monoisotopic (exact) mass is 474 g/mol. The van der Waals surface area contributed by atoms with Crippen LogP contribution in [0.2, 0.25) is 18.1 Å². The molecule has 0 bridgehead atoms. The van der Waals surface area contributed by atoms with Crippen LogP contribution in [0.3, 0.4) is 0 Å². The van der Waals surface area contributed by atoms with Crippen LogP contribution in [0.15, 0.2) is 22.8 Å². The Kier molecular flexibility index (Phi) is 7.17. The van der Waals surface area contributed by atoms with Crippen molar-refractivity contribution in [1.82, 2.24) is 4.98 Å². The van der Waals surface area contributed by atoms with Gasteiger partial charge in [-0.2, -0.15) is 0 Å². The first-order valence-electron chi connectivity index (χ1n) is 9.69. The summed E-state index contributed by atoms with van der Waals surface area (Å²) >= 11 is 3.49. The van der Waals surface area contributed by atoms with Gasteiger partial charge in [0.1, 0.15) is 4.60 Å². The van der Waals surface area contributed by atoms with Gasteiger partial charge in [-0.25, -0.2) is 9.19 Å². The summed E-state index contributed by atoms with van der Waals surface area (Å²) in [5, 5.41) is 5.99. The maximum absolute atomic E-state index is 12.0. The topological polar surface area (TPSA) is 65.2 Å². The van der Waals surface area contributed by atoms with Gasteiger partial charge in [-0.05, 0) is 85.2 Å². The summed E-state index contributed by atoms with van der Waals surface area (Å²) in [7, 11) is -3.12. The first kappa shape index (κ1) is 23.2. The minimum atomic E-state index is -1.75. The van der Waals surface area contributed by atoms with E-state index in [1.165, 1.54) is 0 Å². The smallest absolute Gasteiger partial charge is 0.192 e. The average Bonchev–Trinajstić information content (AvgIpc) is 2.47. The van der Waals surface area contributed by atoms with Crippen LogP contribution in [0.25, 0.3) is 0 Å². The van der Waals surface area contributed by atoms with Crippen molar-refractivity contribution in [2.75, 3.05) is 0 Å². The first-order valence-corrected chi connectivity index (χ1v) is 14.6. The Labute approximate surface area is 176 Å². The predicted octanol–water partition coefficient (Wildman–Crippen LogP) is 5.52. The van der Waals surface area contributed by atoms with Crippen molar-refractivity contribution >= 4 is 35.2 Å². The lowest BCUT2D eigenvalue weighted by atomic mass is 9.70. The van der Waals surface area contributed by atoms with Crippen LogP contribution in [-0.2, 0) is 15.4 Å². The molecule has 154 valence electrons. The van der Waals surface area contributed by atoms with Gasteiger partial charge in [0.25, 0.3) is 0 Å². The van der Waals surface area contributed by atoms with Crippen LogP contribution in [0.5, 0.6) is 0 Å². The molecule has 0 aromatic carbocycles. The van der Waals surface area contributed by atoms with Gasteiger partial charge in [0.05, 0.1) is 15.7 Å². The quantitative estimate of drug-likeness (QED) is 0.417. The average molecular weight is 476 g/mol. The number of hydrogen-bond donors (Lipinski definition) is 1. The molecule has 1 unspecified atom stereocenters. The standard InChI is InChI=1S/C20H35BrN2O2SSi/c1-19(2,3)27(6,7)25-15-11-14(12-15)16(13-20(4,5)26(22)24)17-9-8-10-18(21)23-17/h8-10,14-16H,11-13,22H2,1-7H3/t14?,15?,16-,26?/m0/s1. The third kappa shape index (κ3) is 5.72. The number of nitrogens with zero attached hydrogens (tertiary/aromatic N) is 1. The van der Waals surface area contributed by atoms with Crippen molar-refractivity contribution in [1.29, 1.82) is 0 Å². The van der Waals surface area contributed by atoms with Crippen LogP contribution in [-0.4, -0.2) is 28.4 Å². The Balaban J connectivity index is 2.14. The van der Waals surface area contributed by atoms with Gasteiger partial charge >= 0.3 is 0 Å². The molecule has 1 saturated carbocycles. The van der Waals surface area contributed by atoms with Gasteiger partial charge in [0.15, 0.2) is 8.32 Å². The van der Waals surface area contributed by atoms with Crippen LogP contribution < -0.4 is 5.14 Å². The highest BCUT2D eigenvalue weighted by Gasteiger charge is 2.45. The van der Waals surface area contributed by atoms with Crippen molar-refractivity contribution in [3.63, 3.8) is 0 Å². The Morgan fingerprint density at radius 1 is 1.30 bits per heavy atom. The van der Waals surface area contributed by atoms with Gasteiger partial charge in [0.2, 0.25) is 0 Å². The molecule has 0 radical (unpaired) electrons. The van der Waals surface area contributed by atoms with Gasteiger partial charge in [-0.3, -0.25) is 5.14 Å². The van der Waals surface area contributed by atoms with Crippen LogP contribution >= 0.6 is 15.9 Å². The van der Waals surface area contributed by atoms with Gasteiger partial charge < -0.3 is 4.43 Å². The van der Waals surface area contributed by atoms with E-state index in [0.29, 0.717) is 12.0 Å². The molecule has 2 atom stereocenters. The van der Waals surface area contributed by atoms with E-state index in [0.717, 1.165) is 29.6 Å². The molecular weight excluding hydrogens is 440 g/mol. The van der Waals surface area contributed by atoms with E-state index in [1.807, 2.05) is 26.0 Å². The van der Waals surface area contributed by atoms with E-state index in [1.54, 1.807) is 0 Å². The molecule has 1 aromatic heterocycles. The SMILES string of the molecule is CC(C)(C[C@H](c1cccc(Br)n1)C1CC(O[Si](C)(C)C(C)(C)C)C1)S(N)=O. The second-order valence-electron chi connectivity index (χ2n) is 9.98. The van der Waals surface area contributed by atoms with Crippen LogP contribution in [0.4, 0.5) is 0 Å². The Hall–Kier alpha value is -0.0831. The fourth-order valence-corrected chi connectivity index (χ4v) is 5.46. The number of rotatable bonds is 7. The highest BCUT2D eigenvalue weighted by molar-refractivity contribution is 9.10. The van der Waals surface area contributed by atoms with E-state index in [-0.39, 0.29) is 11.0 Å². The molecule has 1 aromatic rings. The highest BCUT2D eigenvalue weighted by atomic mass is 79.9. The fraction of sp³-hybridized carbons (Fsp3) is 0.750. The number of hydrogen-bond acceptors (Lipinski definition) is 3. The number of nitrogens with two attached hydrogens (primary N) is 1. The molecule has 1 fully saturated rings. The molecule has 4 nitrogen and oxygen atoms in total. The number of pyridine rings is 1. The predicted molar refractivity (Wildman–Crippen MR) is 120 cm³/mol. The molecule has 1 heterocycles. The lowest BCUT2D eigenvalue weighted by Gasteiger charge is -2.47. The molecule has 1 aliphatic carbocycles. The van der Waals surface area contributed by atoms with E-state index < -0.39 is 24.1 Å². The maximum atomic E-state index is 12.0. The van der Waals surface area contributed by atoms with E-state index in [4.69, 9.17) is 14.5 Å². The molecule has 0 aliphatic heterocycles. The zero-order valence-electron chi connectivity index (χ0n) is 17.7. The molecular formula is C20H35BrN2O2SSi. The Morgan fingerprint density at radius 2 is 1.89 bits per heavy atom. The number of halogens is 1. The lowest BCUT2D eigenvalue weighted by molar-refractivity contribution is 0.0357. The van der Waals surface area contributed by atoms with Crippen molar-refractivity contribution in [2.24, 2.45) is 11.1 Å². The van der Waals surface area contributed by atoms with E-state index in [9.17, 15) is 4.21 Å². The second kappa shape index (κ2) is 8.34. The van der Waals surface area contributed by atoms with Gasteiger partial charge in [-0.15, -0.1) is 0 Å². The summed E-state index contributed by atoms with van der Waals surface area (Å²) in [5.41, 5.74) is 1.05. The van der Waals surface area contributed by atoms with E-state index >= 15 is 0 Å². The van der Waals surface area contributed by atoms with Crippen molar-refractivity contribution < 1.29 is 8.63 Å². The lowest BCUT2D eigenvalue weighted by Crippen LogP contribution is -2.49. The maximum Gasteiger partial charge on any atom is 0.192 e. The molecule has 2 rings (SSSR count). The van der Waals surface area contributed by atoms with Gasteiger partial charge in [-0.1, -0.05) is 26.8 Å². The summed E-state index contributed by atoms with van der Waals surface area (Å²) in [5.74, 6) is 0.730. The molecule has 27 heavy (non-hydrogen) atoms. The Morgan fingerprint density at radius 3 is 2.37 bits per heavy atom. The van der Waals surface area contributed by atoms with Crippen molar-refractivity contribution in [2.45, 2.75) is 88.8 Å². The van der Waals surface area contributed by atoms with Crippen LogP contribution in [0.1, 0.15) is 65.5 Å². The minimum absolute atomic E-state index is 0.224. The Bertz CT molecular complexity index is 685. The first-order chi connectivity index (χ1) is 12.2. The summed E-state index contributed by atoms with van der Waals surface area (Å²) in [6.07, 6.45) is 3.17. The summed E-state index contributed by atoms with van der Waals surface area (Å²) < 4.78 is 19.0. The zero-order valence-corrected chi connectivity index (χ0v) is 21.1. The van der Waals surface area contributed by atoms with Crippen molar-refractivity contribution in [3.05, 3.63) is 28.5 Å². The fourth-order valence-electron chi connectivity index (χ4n) is 3.38. The second-order valence-corrected chi connectivity index (χ2v) is 17.3. The van der Waals surface area contributed by atoms with Crippen LogP contribution in [0, 0.1) is 5.92 Å². The van der Waals surface area contributed by atoms with Gasteiger partial charge in [0, 0.05) is 17.7 Å². The third-order valence-electron chi connectivity index (χ3n) is 6.34. The highest BCUT2D eigenvalue weighted by Crippen LogP contribution is 2.47. The summed E-state index contributed by atoms with van der Waals surface area (Å²) in [6.45, 7) is 15.4. The minimum Gasteiger partial charge on any atom is -0.414 e. The molecule has 1 aliphatic rings. The van der Waals surface area contributed by atoms with Crippen molar-refractivity contribution in [3.8, 4) is 0 Å². The normalized spacial score (nSPS) is 23.6. The molecule has 0 spiro atoms. The largest absolute Gasteiger partial charge is 0.414 e. The molecule has 0 saturated heterocycles. The third-order valence-corrected chi connectivity index (χ3v) is 12.6. The molecule has 0 amide bonds. The molecule has 7 heteroatoms.